The van der Waals surface area contributed by atoms with Crippen LogP contribution in [0.2, 0.25) is 5.02 Å². The number of hydrogen-bond donors (Lipinski definition) is 0. The van der Waals surface area contributed by atoms with Gasteiger partial charge in [0.15, 0.2) is 11.5 Å². The van der Waals surface area contributed by atoms with E-state index in [1.807, 2.05) is 12.1 Å². The molecule has 0 amide bonds. The average molecular weight is 465 g/mol. The Morgan fingerprint density at radius 1 is 1.25 bits per heavy atom. The Bertz CT molecular complexity index is 1050. The van der Waals surface area contributed by atoms with Crippen LogP contribution in [-0.4, -0.2) is 33.9 Å². The second-order valence-corrected chi connectivity index (χ2v) is 7.27. The van der Waals surface area contributed by atoms with Gasteiger partial charge in [-0.3, -0.25) is 0 Å². The van der Waals surface area contributed by atoms with Gasteiger partial charge in [-0.15, -0.1) is 5.10 Å². The number of carbonyl (C=O) groups is 1. The molecule has 4 rings (SSSR count). The average Bonchev–Trinajstić information content (AvgIpc) is 3.08. The number of para-hydroxylation sites is 1. The lowest BCUT2D eigenvalue weighted by Gasteiger charge is -2.19. The molecule has 3 aromatic rings. The molecule has 2 heterocycles. The fourth-order valence-corrected chi connectivity index (χ4v) is 3.41. The van der Waals surface area contributed by atoms with Crippen molar-refractivity contribution < 1.29 is 19.0 Å². The number of halogens is 2. The molecule has 1 aliphatic rings. The number of ether oxygens (including phenoxy) is 3. The maximum Gasteiger partial charge on any atom is 0.378 e. The van der Waals surface area contributed by atoms with Crippen LogP contribution in [0, 0.1) is 6.92 Å². The van der Waals surface area contributed by atoms with Gasteiger partial charge in [0, 0.05) is 10.0 Å². The molecule has 0 saturated carbocycles. The van der Waals surface area contributed by atoms with E-state index in [2.05, 4.69) is 26.0 Å². The number of fused-ring (bicyclic) bond motifs is 1. The SMILES string of the molecule is Cc1nc(C(=O)OCc2cc3c(cc2Br)OCCO3)nn1-c1ccccc1Cl. The molecule has 9 heteroatoms. The summed E-state index contributed by atoms with van der Waals surface area (Å²) in [6, 6.07) is 10.8. The molecule has 28 heavy (non-hydrogen) atoms. The largest absolute Gasteiger partial charge is 0.486 e. The number of rotatable bonds is 4. The van der Waals surface area contributed by atoms with Crippen LogP contribution in [0.1, 0.15) is 22.0 Å². The lowest BCUT2D eigenvalue weighted by molar-refractivity contribution is 0.0456. The third kappa shape index (κ3) is 3.70. The number of benzene rings is 2. The van der Waals surface area contributed by atoms with Crippen LogP contribution in [0.4, 0.5) is 0 Å². The lowest BCUT2D eigenvalue weighted by Crippen LogP contribution is -2.16. The minimum Gasteiger partial charge on any atom is -0.486 e. The summed E-state index contributed by atoms with van der Waals surface area (Å²) in [5.74, 6) is 1.14. The number of esters is 1. The zero-order chi connectivity index (χ0) is 19.7. The van der Waals surface area contributed by atoms with Gasteiger partial charge in [0.2, 0.25) is 0 Å². The van der Waals surface area contributed by atoms with Crippen LogP contribution in [0.3, 0.4) is 0 Å². The first-order chi connectivity index (χ1) is 13.5. The number of hydrogen-bond acceptors (Lipinski definition) is 6. The third-order valence-electron chi connectivity index (χ3n) is 4.10. The number of carbonyl (C=O) groups excluding carboxylic acids is 1. The van der Waals surface area contributed by atoms with Crippen molar-refractivity contribution in [1.82, 2.24) is 14.8 Å². The Labute approximate surface area is 174 Å². The summed E-state index contributed by atoms with van der Waals surface area (Å²) in [4.78, 5) is 16.6. The molecular weight excluding hydrogens is 450 g/mol. The molecule has 144 valence electrons. The summed E-state index contributed by atoms with van der Waals surface area (Å²) in [7, 11) is 0. The molecule has 0 saturated heterocycles. The first-order valence-electron chi connectivity index (χ1n) is 8.46. The van der Waals surface area contributed by atoms with E-state index in [9.17, 15) is 4.79 Å². The van der Waals surface area contributed by atoms with Crippen LogP contribution in [0.25, 0.3) is 5.69 Å². The van der Waals surface area contributed by atoms with E-state index in [-0.39, 0.29) is 12.4 Å². The van der Waals surface area contributed by atoms with Crippen molar-refractivity contribution in [3.63, 3.8) is 0 Å². The second-order valence-electron chi connectivity index (χ2n) is 6.01. The fourth-order valence-electron chi connectivity index (χ4n) is 2.75. The molecule has 1 aromatic heterocycles. The lowest BCUT2D eigenvalue weighted by atomic mass is 10.2. The first kappa shape index (κ1) is 18.8. The molecule has 1 aliphatic heterocycles. The predicted molar refractivity (Wildman–Crippen MR) is 105 cm³/mol. The van der Waals surface area contributed by atoms with Gasteiger partial charge in [-0.25, -0.2) is 14.5 Å². The van der Waals surface area contributed by atoms with Crippen molar-refractivity contribution in [3.8, 4) is 17.2 Å². The molecule has 0 aliphatic carbocycles. The smallest absolute Gasteiger partial charge is 0.378 e. The monoisotopic (exact) mass is 463 g/mol. The van der Waals surface area contributed by atoms with Gasteiger partial charge in [-0.05, 0) is 31.2 Å². The standard InChI is InChI=1S/C19H15BrClN3O4/c1-11-22-18(23-24(11)15-5-3-2-4-14(15)21)19(25)28-10-12-8-16-17(9-13(12)20)27-7-6-26-16/h2-5,8-9H,6-7,10H2,1H3. The zero-order valence-electron chi connectivity index (χ0n) is 14.8. The van der Waals surface area contributed by atoms with Gasteiger partial charge in [0.25, 0.3) is 5.82 Å². The highest BCUT2D eigenvalue weighted by molar-refractivity contribution is 9.10. The molecule has 0 spiro atoms. The second kappa shape index (κ2) is 7.81. The molecule has 7 nitrogen and oxygen atoms in total. The summed E-state index contributed by atoms with van der Waals surface area (Å²) in [6.45, 7) is 2.77. The summed E-state index contributed by atoms with van der Waals surface area (Å²) in [5, 5.41) is 4.75. The Balaban J connectivity index is 1.51. The van der Waals surface area contributed by atoms with Crippen molar-refractivity contribution in [2.24, 2.45) is 0 Å². The summed E-state index contributed by atoms with van der Waals surface area (Å²) in [5.41, 5.74) is 1.39. The first-order valence-corrected chi connectivity index (χ1v) is 9.64. The molecule has 0 N–H and O–H groups in total. The topological polar surface area (TPSA) is 75.5 Å². The highest BCUT2D eigenvalue weighted by Gasteiger charge is 2.20. The van der Waals surface area contributed by atoms with E-state index in [0.717, 1.165) is 10.0 Å². The number of nitrogens with zero attached hydrogens (tertiary/aromatic N) is 3. The van der Waals surface area contributed by atoms with E-state index in [1.165, 1.54) is 4.68 Å². The minimum atomic E-state index is -0.629. The zero-order valence-corrected chi connectivity index (χ0v) is 17.2. The highest BCUT2D eigenvalue weighted by Crippen LogP contribution is 2.35. The highest BCUT2D eigenvalue weighted by atomic mass is 79.9. The van der Waals surface area contributed by atoms with E-state index >= 15 is 0 Å². The molecule has 0 radical (unpaired) electrons. The number of aromatic nitrogens is 3. The summed E-state index contributed by atoms with van der Waals surface area (Å²) in [6.07, 6.45) is 0. The third-order valence-corrected chi connectivity index (χ3v) is 5.16. The van der Waals surface area contributed by atoms with Gasteiger partial charge in [0.05, 0.1) is 10.7 Å². The molecule has 2 aromatic carbocycles. The van der Waals surface area contributed by atoms with E-state index in [1.54, 1.807) is 31.2 Å². The van der Waals surface area contributed by atoms with Gasteiger partial charge in [-0.2, -0.15) is 0 Å². The molecular formula is C19H15BrClN3O4. The Hall–Kier alpha value is -2.58. The summed E-state index contributed by atoms with van der Waals surface area (Å²) < 4.78 is 18.7. The molecule has 0 atom stereocenters. The molecule has 0 bridgehead atoms. The minimum absolute atomic E-state index is 0.0360. The van der Waals surface area contributed by atoms with Crippen molar-refractivity contribution in [3.05, 3.63) is 63.1 Å². The normalized spacial score (nSPS) is 12.7. The van der Waals surface area contributed by atoms with Crippen molar-refractivity contribution in [2.45, 2.75) is 13.5 Å². The quantitative estimate of drug-likeness (QED) is 0.541. The molecule has 0 unspecified atom stereocenters. The van der Waals surface area contributed by atoms with Crippen molar-refractivity contribution in [1.29, 1.82) is 0 Å². The number of aryl methyl sites for hydroxylation is 1. The van der Waals surface area contributed by atoms with E-state index < -0.39 is 5.97 Å². The van der Waals surface area contributed by atoms with Gasteiger partial charge in [-0.1, -0.05) is 39.7 Å². The van der Waals surface area contributed by atoms with Crippen LogP contribution in [0.5, 0.6) is 11.5 Å². The van der Waals surface area contributed by atoms with Crippen LogP contribution in [-0.2, 0) is 11.3 Å². The maximum absolute atomic E-state index is 12.4. The van der Waals surface area contributed by atoms with Gasteiger partial charge in [0.1, 0.15) is 25.6 Å². The van der Waals surface area contributed by atoms with Crippen LogP contribution in [0.15, 0.2) is 40.9 Å². The maximum atomic E-state index is 12.4. The Morgan fingerprint density at radius 3 is 2.71 bits per heavy atom. The Kier molecular flexibility index (Phi) is 5.23. The Morgan fingerprint density at radius 2 is 1.96 bits per heavy atom. The predicted octanol–water partition coefficient (Wildman–Crippen LogP) is 4.12. The van der Waals surface area contributed by atoms with Gasteiger partial charge >= 0.3 is 5.97 Å². The van der Waals surface area contributed by atoms with E-state index in [0.29, 0.717) is 41.2 Å². The van der Waals surface area contributed by atoms with Gasteiger partial charge < -0.3 is 14.2 Å². The van der Waals surface area contributed by atoms with Crippen LogP contribution < -0.4 is 9.47 Å². The fraction of sp³-hybridized carbons (Fsp3) is 0.211. The van der Waals surface area contributed by atoms with Crippen LogP contribution >= 0.6 is 27.5 Å². The summed E-state index contributed by atoms with van der Waals surface area (Å²) >= 11 is 9.66. The van der Waals surface area contributed by atoms with E-state index in [4.69, 9.17) is 25.8 Å². The molecule has 0 fully saturated rings. The van der Waals surface area contributed by atoms with Crippen molar-refractivity contribution in [2.75, 3.05) is 13.2 Å². The van der Waals surface area contributed by atoms with Crippen molar-refractivity contribution >= 4 is 33.5 Å².